The molecule has 1 aliphatic heterocycles. The van der Waals surface area contributed by atoms with Crippen LogP contribution in [-0.2, 0) is 11.3 Å². The highest BCUT2D eigenvalue weighted by atomic mass is 16.3. The second kappa shape index (κ2) is 6.71. The summed E-state index contributed by atoms with van der Waals surface area (Å²) in [5.74, 6) is -0.441. The summed E-state index contributed by atoms with van der Waals surface area (Å²) in [6.07, 6.45) is 2.88. The van der Waals surface area contributed by atoms with Gasteiger partial charge in [-0.3, -0.25) is 9.59 Å². The van der Waals surface area contributed by atoms with E-state index in [1.165, 1.54) is 0 Å². The standard InChI is InChI=1S/C20H21N3O3/c21-19(24)15-6-9-22(10-7-15)20(25)17-12-18-16(8-11-26-18)23(17)13-14-4-2-1-3-5-14/h1-5,8,11-12,15H,6-7,9-10,13H2,(H2,21,24). The zero-order valence-corrected chi connectivity index (χ0v) is 14.4. The number of nitrogens with two attached hydrogens (primary N) is 1. The maximum Gasteiger partial charge on any atom is 0.270 e. The number of amides is 2. The quantitative estimate of drug-likeness (QED) is 0.784. The predicted octanol–water partition coefficient (Wildman–Crippen LogP) is 2.62. The second-order valence-electron chi connectivity index (χ2n) is 6.74. The summed E-state index contributed by atoms with van der Waals surface area (Å²) in [7, 11) is 0. The zero-order valence-electron chi connectivity index (χ0n) is 14.4. The molecule has 2 N–H and O–H groups in total. The van der Waals surface area contributed by atoms with Crippen LogP contribution < -0.4 is 5.73 Å². The summed E-state index contributed by atoms with van der Waals surface area (Å²) in [4.78, 5) is 26.2. The topological polar surface area (TPSA) is 81.5 Å². The molecule has 4 rings (SSSR count). The van der Waals surface area contributed by atoms with Crippen molar-refractivity contribution < 1.29 is 14.0 Å². The van der Waals surface area contributed by atoms with E-state index in [0.717, 1.165) is 11.1 Å². The van der Waals surface area contributed by atoms with E-state index in [4.69, 9.17) is 10.2 Å². The van der Waals surface area contributed by atoms with Gasteiger partial charge in [-0.25, -0.2) is 0 Å². The van der Waals surface area contributed by atoms with Crippen molar-refractivity contribution >= 4 is 22.9 Å². The Hall–Kier alpha value is -3.02. The lowest BCUT2D eigenvalue weighted by Gasteiger charge is -2.30. The zero-order chi connectivity index (χ0) is 18.1. The first kappa shape index (κ1) is 16.4. The number of primary amides is 1. The number of likely N-dealkylation sites (tertiary alicyclic amines) is 1. The average molecular weight is 351 g/mol. The summed E-state index contributed by atoms with van der Waals surface area (Å²) in [6.45, 7) is 1.69. The maximum atomic E-state index is 13.1. The van der Waals surface area contributed by atoms with Crippen molar-refractivity contribution in [3.05, 3.63) is 60.0 Å². The fourth-order valence-corrected chi connectivity index (χ4v) is 3.62. The van der Waals surface area contributed by atoms with E-state index < -0.39 is 0 Å². The van der Waals surface area contributed by atoms with Crippen LogP contribution in [0.25, 0.3) is 11.1 Å². The number of carbonyl (C=O) groups is 2. The predicted molar refractivity (Wildman–Crippen MR) is 97.6 cm³/mol. The molecular weight excluding hydrogens is 330 g/mol. The van der Waals surface area contributed by atoms with Crippen LogP contribution in [0.1, 0.15) is 28.9 Å². The second-order valence-corrected chi connectivity index (χ2v) is 6.74. The summed E-state index contributed by atoms with van der Waals surface area (Å²) in [5, 5.41) is 0. The van der Waals surface area contributed by atoms with Gasteiger partial charge in [0.15, 0.2) is 5.58 Å². The summed E-state index contributed by atoms with van der Waals surface area (Å²) in [5.41, 5.74) is 8.73. The first-order valence-corrected chi connectivity index (χ1v) is 8.83. The molecule has 2 aromatic heterocycles. The Morgan fingerprint density at radius 3 is 2.54 bits per heavy atom. The van der Waals surface area contributed by atoms with Gasteiger partial charge in [-0.05, 0) is 18.4 Å². The summed E-state index contributed by atoms with van der Waals surface area (Å²) < 4.78 is 7.51. The molecule has 0 spiro atoms. The molecule has 0 radical (unpaired) electrons. The molecule has 3 aromatic rings. The maximum absolute atomic E-state index is 13.1. The molecule has 1 saturated heterocycles. The monoisotopic (exact) mass is 351 g/mol. The molecule has 0 unspecified atom stereocenters. The van der Waals surface area contributed by atoms with Crippen LogP contribution in [0, 0.1) is 5.92 Å². The van der Waals surface area contributed by atoms with E-state index in [-0.39, 0.29) is 17.7 Å². The van der Waals surface area contributed by atoms with E-state index in [9.17, 15) is 9.59 Å². The van der Waals surface area contributed by atoms with E-state index in [0.29, 0.717) is 43.8 Å². The van der Waals surface area contributed by atoms with Crippen LogP contribution in [0.4, 0.5) is 0 Å². The Morgan fingerprint density at radius 1 is 1.12 bits per heavy atom. The van der Waals surface area contributed by atoms with Crippen molar-refractivity contribution in [2.75, 3.05) is 13.1 Å². The molecule has 0 bridgehead atoms. The van der Waals surface area contributed by atoms with Gasteiger partial charge in [0.1, 0.15) is 5.69 Å². The molecule has 1 aromatic carbocycles. The Kier molecular flexibility index (Phi) is 4.24. The van der Waals surface area contributed by atoms with Crippen molar-refractivity contribution in [3.8, 4) is 0 Å². The van der Waals surface area contributed by atoms with Gasteiger partial charge in [-0.2, -0.15) is 0 Å². The number of furan rings is 1. The van der Waals surface area contributed by atoms with Crippen LogP contribution in [0.5, 0.6) is 0 Å². The molecule has 6 nitrogen and oxygen atoms in total. The van der Waals surface area contributed by atoms with Gasteiger partial charge in [0.05, 0.1) is 11.8 Å². The SMILES string of the molecule is NC(=O)C1CCN(C(=O)c2cc3occc3n2Cc2ccccc2)CC1. The third-order valence-corrected chi connectivity index (χ3v) is 5.11. The molecule has 6 heteroatoms. The molecule has 0 atom stereocenters. The lowest BCUT2D eigenvalue weighted by Crippen LogP contribution is -2.42. The number of carbonyl (C=O) groups excluding carboxylic acids is 2. The van der Waals surface area contributed by atoms with E-state index >= 15 is 0 Å². The Balaban J connectivity index is 1.62. The van der Waals surface area contributed by atoms with Crippen molar-refractivity contribution in [1.29, 1.82) is 0 Å². The highest BCUT2D eigenvalue weighted by Crippen LogP contribution is 2.25. The van der Waals surface area contributed by atoms with E-state index in [2.05, 4.69) is 0 Å². The molecule has 2 amide bonds. The van der Waals surface area contributed by atoms with Crippen molar-refractivity contribution in [2.24, 2.45) is 11.7 Å². The minimum absolute atomic E-state index is 0.0322. The Labute approximate surface area is 151 Å². The molecule has 134 valence electrons. The molecule has 1 fully saturated rings. The number of fused-ring (bicyclic) bond motifs is 1. The molecule has 1 aliphatic rings. The number of hydrogen-bond donors (Lipinski definition) is 1. The number of aromatic nitrogens is 1. The lowest BCUT2D eigenvalue weighted by atomic mass is 9.96. The van der Waals surface area contributed by atoms with Crippen molar-refractivity contribution in [3.63, 3.8) is 0 Å². The van der Waals surface area contributed by atoms with E-state index in [1.54, 1.807) is 17.2 Å². The number of hydrogen-bond acceptors (Lipinski definition) is 3. The highest BCUT2D eigenvalue weighted by Gasteiger charge is 2.28. The fraction of sp³-hybridized carbons (Fsp3) is 0.300. The number of nitrogens with zero attached hydrogens (tertiary/aromatic N) is 2. The van der Waals surface area contributed by atoms with Crippen LogP contribution in [-0.4, -0.2) is 34.4 Å². The number of piperidine rings is 1. The molecule has 3 heterocycles. The molecular formula is C20H21N3O3. The first-order chi connectivity index (χ1) is 12.6. The third-order valence-electron chi connectivity index (χ3n) is 5.11. The minimum atomic E-state index is -0.276. The van der Waals surface area contributed by atoms with Gasteiger partial charge >= 0.3 is 0 Å². The first-order valence-electron chi connectivity index (χ1n) is 8.83. The highest BCUT2D eigenvalue weighted by molar-refractivity contribution is 5.97. The van der Waals surface area contributed by atoms with Crippen LogP contribution >= 0.6 is 0 Å². The van der Waals surface area contributed by atoms with E-state index in [1.807, 2.05) is 41.0 Å². The summed E-state index contributed by atoms with van der Waals surface area (Å²) in [6, 6.07) is 13.7. The van der Waals surface area contributed by atoms with Gasteiger partial charge in [0.2, 0.25) is 5.91 Å². The average Bonchev–Trinajstić information content (AvgIpc) is 3.25. The molecule has 0 saturated carbocycles. The normalized spacial score (nSPS) is 15.5. The Morgan fingerprint density at radius 2 is 1.85 bits per heavy atom. The molecule has 26 heavy (non-hydrogen) atoms. The minimum Gasteiger partial charge on any atom is -0.463 e. The van der Waals surface area contributed by atoms with Crippen LogP contribution in [0.2, 0.25) is 0 Å². The molecule has 0 aliphatic carbocycles. The van der Waals surface area contributed by atoms with Gasteiger partial charge in [-0.15, -0.1) is 0 Å². The summed E-state index contributed by atoms with van der Waals surface area (Å²) >= 11 is 0. The van der Waals surface area contributed by atoms with Crippen LogP contribution in [0.15, 0.2) is 53.1 Å². The van der Waals surface area contributed by atoms with Gasteiger partial charge in [0.25, 0.3) is 5.91 Å². The number of rotatable bonds is 4. The van der Waals surface area contributed by atoms with Crippen LogP contribution in [0.3, 0.4) is 0 Å². The largest absolute Gasteiger partial charge is 0.463 e. The number of benzene rings is 1. The van der Waals surface area contributed by atoms with Crippen molar-refractivity contribution in [2.45, 2.75) is 19.4 Å². The van der Waals surface area contributed by atoms with Gasteiger partial charge in [0, 0.05) is 37.7 Å². The van der Waals surface area contributed by atoms with Crippen molar-refractivity contribution in [1.82, 2.24) is 9.47 Å². The smallest absolute Gasteiger partial charge is 0.270 e. The third kappa shape index (κ3) is 2.98. The Bertz CT molecular complexity index is 934. The fourth-order valence-electron chi connectivity index (χ4n) is 3.62. The van der Waals surface area contributed by atoms with Gasteiger partial charge < -0.3 is 19.6 Å². The lowest BCUT2D eigenvalue weighted by molar-refractivity contribution is -0.123. The van der Waals surface area contributed by atoms with Gasteiger partial charge in [-0.1, -0.05) is 30.3 Å².